The van der Waals surface area contributed by atoms with Gasteiger partial charge in [-0.05, 0) is 31.4 Å². The van der Waals surface area contributed by atoms with Crippen molar-refractivity contribution in [2.75, 3.05) is 24.5 Å². The fraction of sp³-hybridized carbons (Fsp3) is 0.444. The minimum absolute atomic E-state index is 0.200. The van der Waals surface area contributed by atoms with Crippen molar-refractivity contribution in [3.05, 3.63) is 36.0 Å². The number of carbonyl (C=O) groups is 1. The fourth-order valence-electron chi connectivity index (χ4n) is 3.91. The second kappa shape index (κ2) is 6.00. The molecule has 4 rings (SSSR count). The lowest BCUT2D eigenvalue weighted by molar-refractivity contribution is -0.130. The summed E-state index contributed by atoms with van der Waals surface area (Å²) in [6.07, 6.45) is 4.94. The van der Waals surface area contributed by atoms with E-state index < -0.39 is 11.6 Å². The van der Waals surface area contributed by atoms with E-state index in [9.17, 15) is 13.6 Å². The van der Waals surface area contributed by atoms with Gasteiger partial charge in [-0.15, -0.1) is 0 Å². The SMILES string of the molecule is O=C1CCCN1C1CCN(c2ccnc3c(F)cc(F)cc23)CC1. The Kier molecular flexibility index (Phi) is 3.82. The van der Waals surface area contributed by atoms with Crippen LogP contribution in [0.1, 0.15) is 25.7 Å². The van der Waals surface area contributed by atoms with Gasteiger partial charge in [0.25, 0.3) is 0 Å². The van der Waals surface area contributed by atoms with Crippen LogP contribution < -0.4 is 4.90 Å². The predicted octanol–water partition coefficient (Wildman–Crippen LogP) is 3.10. The monoisotopic (exact) mass is 331 g/mol. The van der Waals surface area contributed by atoms with Gasteiger partial charge in [0.2, 0.25) is 5.91 Å². The lowest BCUT2D eigenvalue weighted by Gasteiger charge is -2.38. The second-order valence-electron chi connectivity index (χ2n) is 6.52. The molecule has 3 heterocycles. The first-order valence-electron chi connectivity index (χ1n) is 8.41. The average Bonchev–Trinajstić information content (AvgIpc) is 3.00. The maximum Gasteiger partial charge on any atom is 0.222 e. The third-order valence-electron chi connectivity index (χ3n) is 5.10. The second-order valence-corrected chi connectivity index (χ2v) is 6.52. The highest BCUT2D eigenvalue weighted by Crippen LogP contribution is 2.31. The maximum absolute atomic E-state index is 13.9. The van der Waals surface area contributed by atoms with E-state index in [0.717, 1.165) is 50.7 Å². The Morgan fingerprint density at radius 1 is 1.12 bits per heavy atom. The molecule has 0 N–H and O–H groups in total. The van der Waals surface area contributed by atoms with E-state index in [1.165, 1.54) is 6.07 Å². The maximum atomic E-state index is 13.9. The Labute approximate surface area is 139 Å². The Hall–Kier alpha value is -2.24. The topological polar surface area (TPSA) is 36.4 Å². The molecular formula is C18H19F2N3O. The van der Waals surface area contributed by atoms with Gasteiger partial charge in [0.05, 0.1) is 0 Å². The summed E-state index contributed by atoms with van der Waals surface area (Å²) in [5.74, 6) is -0.969. The first kappa shape index (κ1) is 15.3. The smallest absolute Gasteiger partial charge is 0.222 e. The molecule has 6 heteroatoms. The van der Waals surface area contributed by atoms with Crippen LogP contribution in [-0.2, 0) is 4.79 Å². The normalized spacial score (nSPS) is 19.5. The molecule has 0 saturated carbocycles. The summed E-state index contributed by atoms with van der Waals surface area (Å²) in [5, 5.41) is 0.505. The number of pyridine rings is 1. The van der Waals surface area contributed by atoms with Gasteiger partial charge in [-0.25, -0.2) is 8.78 Å². The standard InChI is InChI=1S/C18H19F2N3O/c19-12-10-14-16(3-6-21-18(14)15(20)11-12)22-8-4-13(5-9-22)23-7-1-2-17(23)24/h3,6,10-11,13H,1-2,4-5,7-9H2. The van der Waals surface area contributed by atoms with E-state index >= 15 is 0 Å². The van der Waals surface area contributed by atoms with Crippen molar-refractivity contribution in [3.8, 4) is 0 Å². The Morgan fingerprint density at radius 2 is 1.92 bits per heavy atom. The molecule has 2 aliphatic rings. The van der Waals surface area contributed by atoms with E-state index in [1.807, 2.05) is 11.0 Å². The van der Waals surface area contributed by atoms with Crippen molar-refractivity contribution in [1.29, 1.82) is 0 Å². The number of halogens is 2. The summed E-state index contributed by atoms with van der Waals surface area (Å²) in [7, 11) is 0. The molecule has 2 aliphatic heterocycles. The number of aromatic nitrogens is 1. The first-order chi connectivity index (χ1) is 11.6. The van der Waals surface area contributed by atoms with Crippen molar-refractivity contribution < 1.29 is 13.6 Å². The molecule has 0 radical (unpaired) electrons. The summed E-state index contributed by atoms with van der Waals surface area (Å²) in [6.45, 7) is 2.40. The summed E-state index contributed by atoms with van der Waals surface area (Å²) in [5.41, 5.74) is 1.01. The van der Waals surface area contributed by atoms with E-state index in [4.69, 9.17) is 0 Å². The molecule has 2 fully saturated rings. The van der Waals surface area contributed by atoms with Gasteiger partial charge < -0.3 is 9.80 Å². The molecule has 4 nitrogen and oxygen atoms in total. The number of nitrogens with zero attached hydrogens (tertiary/aromatic N) is 3. The summed E-state index contributed by atoms with van der Waals surface area (Å²) >= 11 is 0. The van der Waals surface area contributed by atoms with E-state index in [0.29, 0.717) is 11.8 Å². The molecule has 0 atom stereocenters. The Balaban J connectivity index is 1.58. The van der Waals surface area contributed by atoms with Crippen LogP contribution in [-0.4, -0.2) is 41.5 Å². The van der Waals surface area contributed by atoms with Gasteiger partial charge in [0, 0.05) is 55.4 Å². The molecule has 1 aromatic heterocycles. The van der Waals surface area contributed by atoms with Crippen molar-refractivity contribution in [1.82, 2.24) is 9.88 Å². The fourth-order valence-corrected chi connectivity index (χ4v) is 3.91. The number of amides is 1. The van der Waals surface area contributed by atoms with E-state index in [2.05, 4.69) is 9.88 Å². The quantitative estimate of drug-likeness (QED) is 0.848. The molecule has 2 saturated heterocycles. The Morgan fingerprint density at radius 3 is 2.62 bits per heavy atom. The van der Waals surface area contributed by atoms with Crippen molar-refractivity contribution in [3.63, 3.8) is 0 Å². The third-order valence-corrected chi connectivity index (χ3v) is 5.10. The number of anilines is 1. The molecule has 0 spiro atoms. The molecule has 126 valence electrons. The van der Waals surface area contributed by atoms with Crippen LogP contribution in [0.3, 0.4) is 0 Å². The number of hydrogen-bond acceptors (Lipinski definition) is 3. The molecule has 1 aromatic carbocycles. The van der Waals surface area contributed by atoms with Crippen LogP contribution in [0.5, 0.6) is 0 Å². The number of carbonyl (C=O) groups excluding carboxylic acids is 1. The van der Waals surface area contributed by atoms with Gasteiger partial charge in [-0.2, -0.15) is 0 Å². The Bertz CT molecular complexity index is 787. The van der Waals surface area contributed by atoms with Gasteiger partial charge in [-0.1, -0.05) is 0 Å². The van der Waals surface area contributed by atoms with Crippen molar-refractivity contribution >= 4 is 22.5 Å². The summed E-state index contributed by atoms with van der Waals surface area (Å²) in [6, 6.07) is 4.31. The van der Waals surface area contributed by atoms with Crippen LogP contribution in [0.2, 0.25) is 0 Å². The lowest BCUT2D eigenvalue weighted by Crippen LogP contribution is -2.45. The molecule has 24 heavy (non-hydrogen) atoms. The van der Waals surface area contributed by atoms with Crippen molar-refractivity contribution in [2.45, 2.75) is 31.7 Å². The number of rotatable bonds is 2. The number of likely N-dealkylation sites (tertiary alicyclic amines) is 1. The molecule has 0 unspecified atom stereocenters. The highest BCUT2D eigenvalue weighted by molar-refractivity contribution is 5.92. The number of piperidine rings is 1. The molecule has 0 aliphatic carbocycles. The zero-order valence-electron chi connectivity index (χ0n) is 13.3. The van der Waals surface area contributed by atoms with Crippen LogP contribution in [0.4, 0.5) is 14.5 Å². The molecule has 0 bridgehead atoms. The van der Waals surface area contributed by atoms with Crippen LogP contribution >= 0.6 is 0 Å². The minimum Gasteiger partial charge on any atom is -0.371 e. The van der Waals surface area contributed by atoms with Gasteiger partial charge in [0.15, 0.2) is 5.82 Å². The summed E-state index contributed by atoms with van der Waals surface area (Å²) in [4.78, 5) is 20.1. The number of benzene rings is 1. The lowest BCUT2D eigenvalue weighted by atomic mass is 10.0. The first-order valence-corrected chi connectivity index (χ1v) is 8.41. The van der Waals surface area contributed by atoms with Crippen LogP contribution in [0.25, 0.3) is 10.9 Å². The van der Waals surface area contributed by atoms with E-state index in [-0.39, 0.29) is 17.5 Å². The highest BCUT2D eigenvalue weighted by atomic mass is 19.1. The highest BCUT2D eigenvalue weighted by Gasteiger charge is 2.31. The number of hydrogen-bond donors (Lipinski definition) is 0. The van der Waals surface area contributed by atoms with Crippen LogP contribution in [0.15, 0.2) is 24.4 Å². The summed E-state index contributed by atoms with van der Waals surface area (Å²) < 4.78 is 27.6. The van der Waals surface area contributed by atoms with Gasteiger partial charge in [0.1, 0.15) is 11.3 Å². The zero-order chi connectivity index (χ0) is 16.7. The third kappa shape index (κ3) is 2.60. The number of fused-ring (bicyclic) bond motifs is 1. The minimum atomic E-state index is -0.635. The van der Waals surface area contributed by atoms with E-state index in [1.54, 1.807) is 6.20 Å². The molecular weight excluding hydrogens is 312 g/mol. The van der Waals surface area contributed by atoms with Gasteiger partial charge in [-0.3, -0.25) is 9.78 Å². The zero-order valence-corrected chi connectivity index (χ0v) is 13.3. The van der Waals surface area contributed by atoms with Crippen LogP contribution in [0, 0.1) is 11.6 Å². The average molecular weight is 331 g/mol. The predicted molar refractivity (Wildman–Crippen MR) is 87.8 cm³/mol. The van der Waals surface area contributed by atoms with Crippen molar-refractivity contribution in [2.24, 2.45) is 0 Å². The molecule has 2 aromatic rings. The molecule has 1 amide bonds. The van der Waals surface area contributed by atoms with Gasteiger partial charge >= 0.3 is 0 Å². The largest absolute Gasteiger partial charge is 0.371 e.